The Morgan fingerprint density at radius 2 is 1.88 bits per heavy atom. The summed E-state index contributed by atoms with van der Waals surface area (Å²) >= 11 is 1.19. The van der Waals surface area contributed by atoms with Crippen molar-refractivity contribution in [2.75, 3.05) is 16.8 Å². The van der Waals surface area contributed by atoms with Gasteiger partial charge in [-0.1, -0.05) is 18.2 Å². The fourth-order valence-corrected chi connectivity index (χ4v) is 6.56. The van der Waals surface area contributed by atoms with Gasteiger partial charge in [-0.3, -0.25) is 14.7 Å². The number of amides is 2. The molecule has 3 aromatic heterocycles. The molecule has 7 rings (SSSR count). The molecular weight excluding hydrogens is 556 g/mol. The molecule has 7 nitrogen and oxygen atoms in total. The van der Waals surface area contributed by atoms with Gasteiger partial charge < -0.3 is 10.2 Å². The fourth-order valence-electron chi connectivity index (χ4n) is 5.43. The minimum Gasteiger partial charge on any atom is -0.319 e. The van der Waals surface area contributed by atoms with Crippen molar-refractivity contribution in [3.05, 3.63) is 106 Å². The maximum Gasteiger partial charge on any atom is 0.276 e. The van der Waals surface area contributed by atoms with Crippen LogP contribution in [0.15, 0.2) is 66.9 Å². The minimum absolute atomic E-state index is 0.128. The summed E-state index contributed by atoms with van der Waals surface area (Å²) in [5.74, 6) is -1.28. The monoisotopic (exact) mass is 581 g/mol. The zero-order valence-corrected chi connectivity index (χ0v) is 23.4. The van der Waals surface area contributed by atoms with Crippen molar-refractivity contribution < 1.29 is 18.4 Å². The molecule has 5 aromatic rings. The Morgan fingerprint density at radius 3 is 2.69 bits per heavy atom. The van der Waals surface area contributed by atoms with E-state index >= 15 is 0 Å². The van der Waals surface area contributed by atoms with Crippen molar-refractivity contribution in [2.45, 2.75) is 32.1 Å². The molecule has 1 saturated carbocycles. The highest BCUT2D eigenvalue weighted by atomic mass is 32.1. The van der Waals surface area contributed by atoms with Crippen molar-refractivity contribution >= 4 is 34.5 Å². The van der Waals surface area contributed by atoms with E-state index in [1.807, 2.05) is 12.1 Å². The second-order valence-corrected chi connectivity index (χ2v) is 11.7. The average molecular weight is 582 g/mol. The number of pyridine rings is 1. The Bertz CT molecular complexity index is 1860. The molecule has 0 bridgehead atoms. The molecule has 2 amide bonds. The third-order valence-electron chi connectivity index (χ3n) is 7.74. The second kappa shape index (κ2) is 10.3. The predicted octanol–water partition coefficient (Wildman–Crippen LogP) is 7.12. The molecule has 1 aliphatic heterocycles. The standard InChI is InChI=1S/C32H25F2N5O2S/c1-17-4-2-5-23(34)28(17)37-31(40)27-14-19-12-13-39(26-11-10-20(33)15-21(26)30(19)42-27)32(41)25-7-3-6-24(36-25)22-16-35-38-29(22)18-8-9-18/h2-7,10-11,14-16,18H,8-9,12-13H2,1H3,(H,35,38)(H,37,40). The van der Waals surface area contributed by atoms with Gasteiger partial charge in [0.05, 0.1) is 28.1 Å². The highest BCUT2D eigenvalue weighted by molar-refractivity contribution is 7.17. The van der Waals surface area contributed by atoms with Crippen LogP contribution in [0.5, 0.6) is 0 Å². The topological polar surface area (TPSA) is 91.0 Å². The lowest BCUT2D eigenvalue weighted by Gasteiger charge is -2.23. The highest BCUT2D eigenvalue weighted by Gasteiger charge is 2.31. The van der Waals surface area contributed by atoms with Crippen LogP contribution >= 0.6 is 11.3 Å². The molecule has 42 heavy (non-hydrogen) atoms. The van der Waals surface area contributed by atoms with Crippen LogP contribution in [0.2, 0.25) is 0 Å². The molecule has 2 aliphatic rings. The second-order valence-electron chi connectivity index (χ2n) is 10.6. The van der Waals surface area contributed by atoms with Crippen molar-refractivity contribution in [1.29, 1.82) is 0 Å². The number of nitrogens with one attached hydrogen (secondary N) is 2. The van der Waals surface area contributed by atoms with Gasteiger partial charge >= 0.3 is 0 Å². The summed E-state index contributed by atoms with van der Waals surface area (Å²) in [5.41, 5.74) is 5.48. The molecular formula is C32H25F2N5O2S. The number of benzene rings is 2. The van der Waals surface area contributed by atoms with E-state index < -0.39 is 17.5 Å². The summed E-state index contributed by atoms with van der Waals surface area (Å²) in [6.07, 6.45) is 4.39. The summed E-state index contributed by atoms with van der Waals surface area (Å²) in [6.45, 7) is 2.03. The van der Waals surface area contributed by atoms with E-state index in [0.29, 0.717) is 51.1 Å². The maximum atomic E-state index is 14.6. The lowest BCUT2D eigenvalue weighted by atomic mass is 10.1. The first-order chi connectivity index (χ1) is 20.4. The van der Waals surface area contributed by atoms with Gasteiger partial charge in [-0.15, -0.1) is 11.3 Å². The van der Waals surface area contributed by atoms with E-state index in [4.69, 9.17) is 4.98 Å². The Morgan fingerprint density at radius 1 is 1.05 bits per heavy atom. The van der Waals surface area contributed by atoms with Crippen molar-refractivity contribution in [3.63, 3.8) is 0 Å². The van der Waals surface area contributed by atoms with Gasteiger partial charge in [0.15, 0.2) is 0 Å². The Hall–Kier alpha value is -4.70. The molecule has 2 N–H and O–H groups in total. The van der Waals surface area contributed by atoms with Crippen LogP contribution in [0.3, 0.4) is 0 Å². The molecule has 10 heteroatoms. The summed E-state index contributed by atoms with van der Waals surface area (Å²) in [4.78, 5) is 34.4. The summed E-state index contributed by atoms with van der Waals surface area (Å²) < 4.78 is 29.0. The van der Waals surface area contributed by atoms with Gasteiger partial charge in [-0.2, -0.15) is 5.10 Å². The third-order valence-corrected chi connectivity index (χ3v) is 8.95. The normalized spacial score (nSPS) is 14.2. The maximum absolute atomic E-state index is 14.6. The van der Waals surface area contributed by atoms with Crippen LogP contribution in [0.25, 0.3) is 21.7 Å². The number of carbonyl (C=O) groups excluding carboxylic acids is 2. The molecule has 1 fully saturated rings. The SMILES string of the molecule is Cc1cccc(F)c1NC(=O)c1cc2c(s1)-c1cc(F)ccc1N(C(=O)c1cccc(-c3cn[nH]c3C3CC3)n1)CC2. The number of hydrogen-bond acceptors (Lipinski definition) is 5. The number of anilines is 2. The van der Waals surface area contributed by atoms with Crippen LogP contribution < -0.4 is 10.2 Å². The number of aromatic nitrogens is 3. The fraction of sp³-hybridized carbons (Fsp3) is 0.188. The largest absolute Gasteiger partial charge is 0.319 e. The number of aromatic amines is 1. The molecule has 0 spiro atoms. The lowest BCUT2D eigenvalue weighted by molar-refractivity contribution is 0.0981. The number of hydrogen-bond donors (Lipinski definition) is 2. The Kier molecular flexibility index (Phi) is 6.42. The number of aryl methyl sites for hydroxylation is 1. The van der Waals surface area contributed by atoms with Crippen molar-refractivity contribution in [2.24, 2.45) is 0 Å². The van der Waals surface area contributed by atoms with Crippen LogP contribution in [-0.2, 0) is 6.42 Å². The number of carbonyl (C=O) groups is 2. The third kappa shape index (κ3) is 4.67. The van der Waals surface area contributed by atoms with Crippen LogP contribution in [0.1, 0.15) is 55.7 Å². The number of rotatable bonds is 5. The van der Waals surface area contributed by atoms with Crippen LogP contribution in [0, 0.1) is 18.6 Å². The number of fused-ring (bicyclic) bond motifs is 3. The molecule has 0 saturated heterocycles. The van der Waals surface area contributed by atoms with Gasteiger partial charge in [-0.05, 0) is 79.8 Å². The number of nitrogens with zero attached hydrogens (tertiary/aromatic N) is 3. The Labute approximate surface area is 244 Å². The number of para-hydroxylation sites is 1. The zero-order valence-electron chi connectivity index (χ0n) is 22.6. The molecule has 0 radical (unpaired) electrons. The van der Waals surface area contributed by atoms with Gasteiger partial charge in [0.2, 0.25) is 0 Å². The molecule has 0 atom stereocenters. The number of halogens is 2. The van der Waals surface area contributed by atoms with Gasteiger partial charge in [0.1, 0.15) is 17.3 Å². The van der Waals surface area contributed by atoms with Crippen molar-refractivity contribution in [3.8, 4) is 21.7 Å². The molecule has 4 heterocycles. The smallest absolute Gasteiger partial charge is 0.276 e. The first-order valence-corrected chi connectivity index (χ1v) is 14.5. The first kappa shape index (κ1) is 26.2. The van der Waals surface area contributed by atoms with Crippen LogP contribution in [0.4, 0.5) is 20.2 Å². The van der Waals surface area contributed by atoms with E-state index in [1.165, 1.54) is 29.5 Å². The van der Waals surface area contributed by atoms with Gasteiger partial charge in [0.25, 0.3) is 11.8 Å². The minimum atomic E-state index is -0.516. The molecule has 2 aromatic carbocycles. The quantitative estimate of drug-likeness (QED) is 0.231. The summed E-state index contributed by atoms with van der Waals surface area (Å²) in [5, 5.41) is 9.96. The van der Waals surface area contributed by atoms with Gasteiger partial charge in [-0.25, -0.2) is 13.8 Å². The van der Waals surface area contributed by atoms with Crippen molar-refractivity contribution in [1.82, 2.24) is 15.2 Å². The highest BCUT2D eigenvalue weighted by Crippen LogP contribution is 2.44. The lowest BCUT2D eigenvalue weighted by Crippen LogP contribution is -2.33. The van der Waals surface area contributed by atoms with E-state index in [0.717, 1.165) is 29.7 Å². The average Bonchev–Trinajstić information content (AvgIpc) is 3.59. The zero-order chi connectivity index (χ0) is 29.0. The number of H-pyrrole nitrogens is 1. The summed E-state index contributed by atoms with van der Waals surface area (Å²) in [7, 11) is 0. The molecule has 1 aliphatic carbocycles. The molecule has 210 valence electrons. The van der Waals surface area contributed by atoms with E-state index in [2.05, 4.69) is 15.5 Å². The summed E-state index contributed by atoms with van der Waals surface area (Å²) in [6, 6.07) is 16.0. The van der Waals surface area contributed by atoms with Crippen LogP contribution in [-0.4, -0.2) is 33.5 Å². The van der Waals surface area contributed by atoms with E-state index in [1.54, 1.807) is 48.4 Å². The first-order valence-electron chi connectivity index (χ1n) is 13.7. The predicted molar refractivity (Wildman–Crippen MR) is 158 cm³/mol. The number of thiophene rings is 1. The van der Waals surface area contributed by atoms with Gasteiger partial charge in [0, 0.05) is 34.2 Å². The van der Waals surface area contributed by atoms with E-state index in [9.17, 15) is 18.4 Å². The van der Waals surface area contributed by atoms with E-state index in [-0.39, 0.29) is 17.3 Å². The Balaban J connectivity index is 1.21. The molecule has 0 unspecified atom stereocenters.